The maximum atomic E-state index is 13.7. The number of hydrogen-bond acceptors (Lipinski definition) is 5. The molecule has 3 saturated carbocycles. The van der Waals surface area contributed by atoms with E-state index < -0.39 is 34.8 Å². The van der Waals surface area contributed by atoms with Gasteiger partial charge in [0.05, 0.1) is 28.8 Å². The van der Waals surface area contributed by atoms with Crippen molar-refractivity contribution in [1.29, 1.82) is 0 Å². The molecule has 3 aliphatic carbocycles. The Hall–Kier alpha value is -2.89. The van der Waals surface area contributed by atoms with Crippen molar-refractivity contribution in [2.45, 2.75) is 62.1 Å². The SMILES string of the molecule is Cn1cc([C@@H]2C[C@H](c3cc4c(=O)n(C)c(C(F)F)nc4c(C45CC(C(F)(F)F)(C4)C5)n3)CCO2)cn1. The van der Waals surface area contributed by atoms with Crippen LogP contribution >= 0.6 is 0 Å². The Labute approximate surface area is 202 Å². The molecule has 4 heterocycles. The zero-order chi connectivity index (χ0) is 25.6. The molecule has 2 atom stereocenters. The van der Waals surface area contributed by atoms with Crippen LogP contribution in [0.3, 0.4) is 0 Å². The summed E-state index contributed by atoms with van der Waals surface area (Å²) in [6.07, 6.45) is -3.35. The first-order valence-corrected chi connectivity index (χ1v) is 11.8. The molecule has 1 aliphatic heterocycles. The monoisotopic (exact) mass is 509 g/mol. The molecular formula is C24H24F5N5O2. The number of rotatable bonds is 4. The van der Waals surface area contributed by atoms with E-state index in [0.717, 1.165) is 10.1 Å². The zero-order valence-electron chi connectivity index (χ0n) is 19.6. The fourth-order valence-corrected chi connectivity index (χ4v) is 6.33. The maximum Gasteiger partial charge on any atom is 0.394 e. The van der Waals surface area contributed by atoms with E-state index in [2.05, 4.69) is 10.1 Å². The van der Waals surface area contributed by atoms with Gasteiger partial charge in [-0.15, -0.1) is 0 Å². The zero-order valence-corrected chi connectivity index (χ0v) is 19.6. The van der Waals surface area contributed by atoms with Crippen molar-refractivity contribution in [3.05, 3.63) is 51.6 Å². The first-order chi connectivity index (χ1) is 16.9. The number of pyridine rings is 1. The Kier molecular flexibility index (Phi) is 4.94. The first kappa shape index (κ1) is 23.5. The molecule has 7 rings (SSSR count). The fourth-order valence-electron chi connectivity index (χ4n) is 6.33. The average molecular weight is 509 g/mol. The second kappa shape index (κ2) is 7.56. The highest BCUT2D eigenvalue weighted by atomic mass is 19.4. The Morgan fingerprint density at radius 1 is 1.17 bits per heavy atom. The normalized spacial score (nSPS) is 29.9. The molecule has 1 saturated heterocycles. The van der Waals surface area contributed by atoms with E-state index in [0.29, 0.717) is 25.1 Å². The summed E-state index contributed by atoms with van der Waals surface area (Å²) in [5.41, 5.74) is -1.64. The van der Waals surface area contributed by atoms with Crippen LogP contribution in [0.5, 0.6) is 0 Å². The number of hydrogen-bond donors (Lipinski definition) is 0. The lowest BCUT2D eigenvalue weighted by Crippen LogP contribution is -2.70. The lowest BCUT2D eigenvalue weighted by Gasteiger charge is -2.70. The van der Waals surface area contributed by atoms with Crippen LogP contribution in [0.2, 0.25) is 0 Å². The van der Waals surface area contributed by atoms with Gasteiger partial charge in [0, 0.05) is 49.5 Å². The summed E-state index contributed by atoms with van der Waals surface area (Å²) in [6, 6.07) is 1.57. The summed E-state index contributed by atoms with van der Waals surface area (Å²) in [5, 5.41) is 4.29. The van der Waals surface area contributed by atoms with Gasteiger partial charge in [-0.2, -0.15) is 18.3 Å². The number of aryl methyl sites for hydroxylation is 1. The molecule has 0 spiro atoms. The van der Waals surface area contributed by atoms with Crippen LogP contribution in [0.15, 0.2) is 23.3 Å². The van der Waals surface area contributed by atoms with Gasteiger partial charge in [-0.1, -0.05) is 0 Å². The van der Waals surface area contributed by atoms with Crippen molar-refractivity contribution < 1.29 is 26.7 Å². The molecule has 0 N–H and O–H groups in total. The van der Waals surface area contributed by atoms with Crippen LogP contribution in [0, 0.1) is 5.41 Å². The molecule has 4 fully saturated rings. The Bertz CT molecular complexity index is 1410. The standard InChI is InChI=1S/C24H24F5N5O2/c1-33-8-13(7-30-33)16-5-12(3-4-36-16)15-6-14-17(32-20(19(25)26)34(2)21(14)35)18(31-15)22-9-23(10-22,11-22)24(27,28)29/h6-8,12,16,19H,3-5,9-11H2,1-2H3/t12-,16+,22?,23?/m1/s1. The Morgan fingerprint density at radius 3 is 2.50 bits per heavy atom. The first-order valence-electron chi connectivity index (χ1n) is 11.8. The number of fused-ring (bicyclic) bond motifs is 1. The average Bonchev–Trinajstić information content (AvgIpc) is 3.19. The lowest BCUT2D eigenvalue weighted by atomic mass is 9.34. The highest BCUT2D eigenvalue weighted by Gasteiger charge is 2.79. The van der Waals surface area contributed by atoms with Gasteiger partial charge in [0.25, 0.3) is 12.0 Å². The van der Waals surface area contributed by atoms with Gasteiger partial charge in [0.1, 0.15) is 5.52 Å². The van der Waals surface area contributed by atoms with E-state index in [9.17, 15) is 26.7 Å². The molecule has 0 amide bonds. The minimum atomic E-state index is -4.34. The van der Waals surface area contributed by atoms with E-state index in [1.165, 1.54) is 7.05 Å². The van der Waals surface area contributed by atoms with Gasteiger partial charge in [0.15, 0.2) is 5.82 Å². The Morgan fingerprint density at radius 2 is 1.89 bits per heavy atom. The largest absolute Gasteiger partial charge is 0.394 e. The number of aromatic nitrogens is 5. The van der Waals surface area contributed by atoms with E-state index in [1.54, 1.807) is 24.0 Å². The maximum absolute atomic E-state index is 13.7. The highest BCUT2D eigenvalue weighted by molar-refractivity contribution is 5.82. The van der Waals surface area contributed by atoms with Crippen LogP contribution in [0.1, 0.15) is 73.3 Å². The van der Waals surface area contributed by atoms with Crippen LogP contribution in [-0.4, -0.2) is 37.1 Å². The summed E-state index contributed by atoms with van der Waals surface area (Å²) < 4.78 is 76.4. The molecule has 192 valence electrons. The van der Waals surface area contributed by atoms with Gasteiger partial charge >= 0.3 is 6.18 Å². The van der Waals surface area contributed by atoms with Gasteiger partial charge in [-0.25, -0.2) is 13.8 Å². The number of nitrogens with zero attached hydrogens (tertiary/aromatic N) is 5. The predicted molar refractivity (Wildman–Crippen MR) is 118 cm³/mol. The van der Waals surface area contributed by atoms with Gasteiger partial charge in [-0.3, -0.25) is 19.0 Å². The van der Waals surface area contributed by atoms with E-state index in [1.807, 2.05) is 6.20 Å². The molecule has 2 bridgehead atoms. The van der Waals surface area contributed by atoms with Crippen molar-refractivity contribution in [3.63, 3.8) is 0 Å². The third kappa shape index (κ3) is 3.25. The second-order valence-corrected chi connectivity index (χ2v) is 10.5. The predicted octanol–water partition coefficient (Wildman–Crippen LogP) is 4.62. The van der Waals surface area contributed by atoms with Crippen molar-refractivity contribution in [2.75, 3.05) is 6.61 Å². The summed E-state index contributed by atoms with van der Waals surface area (Å²) in [5.74, 6) is -0.848. The third-order valence-corrected chi connectivity index (χ3v) is 8.25. The highest BCUT2D eigenvalue weighted by Crippen LogP contribution is 2.78. The van der Waals surface area contributed by atoms with Gasteiger partial charge in [-0.05, 0) is 38.2 Å². The summed E-state index contributed by atoms with van der Waals surface area (Å²) >= 11 is 0. The summed E-state index contributed by atoms with van der Waals surface area (Å²) in [4.78, 5) is 22.0. The molecule has 36 heavy (non-hydrogen) atoms. The lowest BCUT2D eigenvalue weighted by molar-refractivity contribution is -0.337. The number of alkyl halides is 5. The molecule has 4 aliphatic rings. The molecule has 3 aromatic heterocycles. The van der Waals surface area contributed by atoms with Crippen molar-refractivity contribution in [3.8, 4) is 0 Å². The van der Waals surface area contributed by atoms with Crippen molar-refractivity contribution in [2.24, 2.45) is 19.5 Å². The summed E-state index contributed by atoms with van der Waals surface area (Å²) in [7, 11) is 3.03. The summed E-state index contributed by atoms with van der Waals surface area (Å²) in [6.45, 7) is 0.433. The van der Waals surface area contributed by atoms with Gasteiger partial charge < -0.3 is 4.74 Å². The second-order valence-electron chi connectivity index (χ2n) is 10.5. The number of ether oxygens (including phenoxy) is 1. The van der Waals surface area contributed by atoms with E-state index in [-0.39, 0.29) is 47.9 Å². The van der Waals surface area contributed by atoms with Crippen LogP contribution in [0.25, 0.3) is 10.9 Å². The molecule has 7 nitrogen and oxygen atoms in total. The number of halogens is 5. The van der Waals surface area contributed by atoms with E-state index in [4.69, 9.17) is 9.72 Å². The minimum absolute atomic E-state index is 0.0107. The molecule has 3 aromatic rings. The van der Waals surface area contributed by atoms with Crippen molar-refractivity contribution in [1.82, 2.24) is 24.3 Å². The van der Waals surface area contributed by atoms with Crippen LogP contribution < -0.4 is 5.56 Å². The van der Waals surface area contributed by atoms with E-state index >= 15 is 0 Å². The van der Waals surface area contributed by atoms with Crippen LogP contribution in [-0.2, 0) is 24.2 Å². The smallest absolute Gasteiger partial charge is 0.373 e. The Balaban J connectivity index is 1.46. The quantitative estimate of drug-likeness (QED) is 0.480. The minimum Gasteiger partial charge on any atom is -0.373 e. The molecule has 0 unspecified atom stereocenters. The molecular weight excluding hydrogens is 485 g/mol. The van der Waals surface area contributed by atoms with Crippen molar-refractivity contribution >= 4 is 10.9 Å². The topological polar surface area (TPSA) is 74.8 Å². The van der Waals surface area contributed by atoms with Crippen LogP contribution in [0.4, 0.5) is 22.0 Å². The third-order valence-electron chi connectivity index (χ3n) is 8.25. The molecule has 12 heteroatoms. The fraction of sp³-hybridized carbons (Fsp3) is 0.583. The van der Waals surface area contributed by atoms with Gasteiger partial charge in [0.2, 0.25) is 0 Å². The molecule has 0 aromatic carbocycles. The molecule has 0 radical (unpaired) electrons.